The quantitative estimate of drug-likeness (QED) is 0.573. The van der Waals surface area contributed by atoms with E-state index < -0.39 is 0 Å². The Balaban J connectivity index is -0.000000253. The zero-order valence-corrected chi connectivity index (χ0v) is 21.5. The van der Waals surface area contributed by atoms with Gasteiger partial charge in [0.25, 0.3) is 0 Å². The Morgan fingerprint density at radius 3 is 1.23 bits per heavy atom. The van der Waals surface area contributed by atoms with Crippen LogP contribution in [0.3, 0.4) is 0 Å². The summed E-state index contributed by atoms with van der Waals surface area (Å²) < 4.78 is 5.14. The Morgan fingerprint density at radius 2 is 1.00 bits per heavy atom. The van der Waals surface area contributed by atoms with Gasteiger partial charge in [0.2, 0.25) is 0 Å². The summed E-state index contributed by atoms with van der Waals surface area (Å²) in [6, 6.07) is 10.2. The maximum Gasteiger partial charge on any atom is 0.0379 e. The minimum Gasteiger partial charge on any atom is -0.0715 e. The number of ether oxygens (including phenoxy) is 1. The molecule has 0 saturated heterocycles. The fraction of sp³-hybridized carbons (Fsp3) is 0.647. The van der Waals surface area contributed by atoms with Crippen LogP contribution in [0.25, 0.3) is 0 Å². The summed E-state index contributed by atoms with van der Waals surface area (Å²) in [6.45, 7) is 20.4. The van der Waals surface area contributed by atoms with Crippen molar-refractivity contribution in [2.75, 3.05) is 7.11 Å². The van der Waals surface area contributed by atoms with E-state index in [9.17, 15) is 0 Å². The molecule has 1 atom stereocenters. The monoisotopic (exact) mass is 414 g/mol. The molecule has 0 bridgehead atoms. The minimum absolute atomic E-state index is 0.120. The van der Waals surface area contributed by atoms with Gasteiger partial charge in [-0.1, -0.05) is 58.9 Å². The maximum atomic E-state index is 5.14. The summed E-state index contributed by atoms with van der Waals surface area (Å²) >= 11 is 2.04. The van der Waals surface area contributed by atoms with Gasteiger partial charge in [0, 0.05) is 26.4 Å². The third-order valence-electron chi connectivity index (χ3n) is 1.34. The fourth-order valence-corrected chi connectivity index (χ4v) is 1.17. The van der Waals surface area contributed by atoms with Crippen LogP contribution in [0.2, 0.25) is 58.9 Å². The van der Waals surface area contributed by atoms with Crippen LogP contribution in [0, 0.1) is 0 Å². The number of benzene rings is 1. The van der Waals surface area contributed by atoms with Gasteiger partial charge in [-0.05, 0) is 0 Å². The van der Waals surface area contributed by atoms with E-state index in [-0.39, 0.29) is 31.3 Å². The van der Waals surface area contributed by atoms with Gasteiger partial charge in [0.05, 0.1) is 0 Å². The van der Waals surface area contributed by atoms with Gasteiger partial charge in [-0.15, -0.1) is 0 Å². The molecular weight excluding hydrogens is 377 g/mol. The molecule has 0 N–H and O–H groups in total. The van der Waals surface area contributed by atoms with Crippen LogP contribution in [-0.2, 0) is 4.74 Å². The van der Waals surface area contributed by atoms with Crippen LogP contribution in [0.1, 0.15) is 10.5 Å². The Hall–Kier alpha value is 0.374. The van der Waals surface area contributed by atoms with Gasteiger partial charge in [-0.3, -0.25) is 0 Å². The van der Waals surface area contributed by atoms with Crippen molar-refractivity contribution in [2.24, 2.45) is 0 Å². The third-order valence-corrected chi connectivity index (χ3v) is 2.53. The Kier molecular flexibility index (Phi) is 24.0. The first-order valence-electron chi connectivity index (χ1n) is 7.63. The summed E-state index contributed by atoms with van der Waals surface area (Å²) in [5.41, 5.74) is 1.23. The number of methoxy groups -OCH3 is 1. The predicted octanol–water partition coefficient (Wildman–Crippen LogP) is 5.61. The summed E-state index contributed by atoms with van der Waals surface area (Å²) in [4.78, 5) is 0.209. The third kappa shape index (κ3) is 37.0. The van der Waals surface area contributed by atoms with Crippen molar-refractivity contribution >= 4 is 42.9 Å². The zero-order chi connectivity index (χ0) is 18.1. The molecule has 1 aromatic carbocycles. The van der Waals surface area contributed by atoms with Crippen LogP contribution in [0.5, 0.6) is 0 Å². The second kappa shape index (κ2) is 19.4. The molecule has 22 heavy (non-hydrogen) atoms. The molecule has 0 aliphatic rings. The van der Waals surface area contributed by atoms with Crippen molar-refractivity contribution in [1.82, 2.24) is 0 Å². The van der Waals surface area contributed by atoms with E-state index in [1.54, 1.807) is 7.11 Å². The largest absolute Gasteiger partial charge is 0.0715 e. The first-order valence-corrected chi connectivity index (χ1v) is 17.8. The average Bonchev–Trinajstić information content (AvgIpc) is 2.37. The van der Waals surface area contributed by atoms with Gasteiger partial charge in [-0.2, -0.15) is 0 Å². The number of hydrogen-bond donors (Lipinski definition) is 0. The van der Waals surface area contributed by atoms with Gasteiger partial charge in [0.1, 0.15) is 0 Å². The number of hydrogen-bond acceptors (Lipinski definition) is 1. The predicted molar refractivity (Wildman–Crippen MR) is 112 cm³/mol. The number of rotatable bonds is 2. The maximum absolute atomic E-state index is 5.14. The van der Waals surface area contributed by atoms with Gasteiger partial charge < -0.3 is 0 Å². The van der Waals surface area contributed by atoms with Crippen LogP contribution >= 0.6 is 0 Å². The van der Waals surface area contributed by atoms with E-state index in [1.807, 2.05) is 34.7 Å². The van der Waals surface area contributed by atoms with Crippen LogP contribution < -0.4 is 0 Å². The van der Waals surface area contributed by atoms with E-state index in [0.717, 1.165) is 0 Å². The van der Waals surface area contributed by atoms with Crippen molar-refractivity contribution in [3.63, 3.8) is 0 Å². The van der Waals surface area contributed by atoms with E-state index in [1.165, 1.54) is 5.56 Å². The molecule has 0 heterocycles. The van der Waals surface area contributed by atoms with Gasteiger partial charge in [-0.25, -0.2) is 0 Å². The second-order valence-corrected chi connectivity index (χ2v) is 16.6. The fourth-order valence-electron chi connectivity index (χ4n) is 0.764. The Labute approximate surface area is 154 Å². The second-order valence-electron chi connectivity index (χ2n) is 6.53. The molecule has 0 aliphatic heterocycles. The Bertz CT molecular complexity index is 284. The van der Waals surface area contributed by atoms with E-state index in [2.05, 4.69) is 71.1 Å². The molecule has 0 amide bonds. The first-order chi connectivity index (χ1) is 10.0. The van der Waals surface area contributed by atoms with Crippen molar-refractivity contribution in [3.8, 4) is 0 Å². The van der Waals surface area contributed by atoms with Crippen LogP contribution in [0.15, 0.2) is 30.3 Å². The van der Waals surface area contributed by atoms with Crippen molar-refractivity contribution in [1.29, 1.82) is 0 Å². The van der Waals surface area contributed by atoms with Gasteiger partial charge in [0.15, 0.2) is 0 Å². The SMILES string of the molecule is CO[CH]([Ge])c1ccccc1.C[Si](C)C.C[Si](C)C.C[Si](C)C. The minimum atomic E-state index is 0.120. The summed E-state index contributed by atoms with van der Waals surface area (Å²) in [5, 5.41) is 0. The molecule has 1 rings (SSSR count). The van der Waals surface area contributed by atoms with Crippen molar-refractivity contribution in [2.45, 2.75) is 63.9 Å². The smallest absolute Gasteiger partial charge is 0.0379 e. The van der Waals surface area contributed by atoms with Gasteiger partial charge >= 0.3 is 69.2 Å². The summed E-state index contributed by atoms with van der Waals surface area (Å²) in [6.07, 6.45) is 0. The van der Waals surface area contributed by atoms with Crippen molar-refractivity contribution < 1.29 is 4.74 Å². The topological polar surface area (TPSA) is 9.23 Å². The molecule has 5 heteroatoms. The summed E-state index contributed by atoms with van der Waals surface area (Å²) in [5.74, 6) is 0. The normalized spacial score (nSPS) is 10.8. The molecule has 0 aromatic heterocycles. The van der Waals surface area contributed by atoms with E-state index in [0.29, 0.717) is 0 Å². The standard InChI is InChI=1S/C8H9GeO.3C3H9Si/c1-10-8(9)7-5-3-2-4-6-7;3*1-4(2)3/h2-6,8H,1H3;3*1-3H3. The molecule has 126 valence electrons. The molecule has 6 radical (unpaired) electrons. The van der Waals surface area contributed by atoms with Crippen molar-refractivity contribution in [3.05, 3.63) is 35.9 Å². The first kappa shape index (κ1) is 27.2. The molecule has 1 aromatic rings. The molecular formula is C17H36GeOSi3. The summed E-state index contributed by atoms with van der Waals surface area (Å²) in [7, 11) is 2.08. The molecule has 1 nitrogen and oxygen atoms in total. The molecule has 0 aliphatic carbocycles. The molecule has 0 spiro atoms. The van der Waals surface area contributed by atoms with E-state index in [4.69, 9.17) is 4.74 Å². The molecule has 0 fully saturated rings. The zero-order valence-electron chi connectivity index (χ0n) is 16.4. The molecule has 1 unspecified atom stereocenters. The van der Waals surface area contributed by atoms with Crippen LogP contribution in [0.4, 0.5) is 0 Å². The average molecular weight is 413 g/mol. The molecule has 0 saturated carbocycles. The Morgan fingerprint density at radius 1 is 0.727 bits per heavy atom. The van der Waals surface area contributed by atoms with Crippen LogP contribution in [-0.4, -0.2) is 50.0 Å². The van der Waals surface area contributed by atoms with E-state index >= 15 is 0 Å².